The minimum Gasteiger partial charge on any atom is -0.489 e. The molecular formula is C17H12O5. The Labute approximate surface area is 125 Å². The Bertz CT molecular complexity index is 880. The van der Waals surface area contributed by atoms with E-state index in [4.69, 9.17) is 14.3 Å². The van der Waals surface area contributed by atoms with Gasteiger partial charge in [-0.1, -0.05) is 30.3 Å². The molecule has 0 unspecified atom stereocenters. The van der Waals surface area contributed by atoms with Crippen LogP contribution < -0.4 is 10.2 Å². The van der Waals surface area contributed by atoms with Crippen LogP contribution in [0.2, 0.25) is 0 Å². The molecule has 0 atom stereocenters. The lowest BCUT2D eigenvalue weighted by Crippen LogP contribution is -2.14. The van der Waals surface area contributed by atoms with E-state index in [1.165, 1.54) is 6.07 Å². The highest BCUT2D eigenvalue weighted by molar-refractivity contribution is 5.91. The van der Waals surface area contributed by atoms with Gasteiger partial charge in [0.05, 0.1) is 5.39 Å². The first-order valence-electron chi connectivity index (χ1n) is 6.61. The molecule has 110 valence electrons. The number of carboxylic acid groups (broad SMARTS) is 1. The average molecular weight is 296 g/mol. The van der Waals surface area contributed by atoms with Crippen molar-refractivity contribution in [1.29, 1.82) is 0 Å². The first-order valence-corrected chi connectivity index (χ1v) is 6.61. The number of benzene rings is 2. The first-order chi connectivity index (χ1) is 10.6. The highest BCUT2D eigenvalue weighted by Crippen LogP contribution is 2.20. The number of hydrogen-bond donors (Lipinski definition) is 1. The molecule has 0 spiro atoms. The summed E-state index contributed by atoms with van der Waals surface area (Å²) < 4.78 is 10.8. The standard InChI is InChI=1S/C17H12O5/c18-16-13-8-12(21-9-11-4-2-1-3-5-11)6-7-15(13)22-10-14(16)17(19)20/h1-8,10H,9H2,(H,19,20). The molecule has 1 N–H and O–H groups in total. The van der Waals surface area contributed by atoms with E-state index < -0.39 is 17.0 Å². The second kappa shape index (κ2) is 5.73. The maximum Gasteiger partial charge on any atom is 0.342 e. The SMILES string of the molecule is O=C(O)c1coc2ccc(OCc3ccccc3)cc2c1=O. The summed E-state index contributed by atoms with van der Waals surface area (Å²) in [6.45, 7) is 0.357. The van der Waals surface area contributed by atoms with Gasteiger partial charge in [0.25, 0.3) is 0 Å². The Kier molecular flexibility index (Phi) is 3.62. The number of fused-ring (bicyclic) bond motifs is 1. The maximum absolute atomic E-state index is 12.1. The summed E-state index contributed by atoms with van der Waals surface area (Å²) in [5.74, 6) is -0.836. The van der Waals surface area contributed by atoms with Gasteiger partial charge in [-0.3, -0.25) is 4.79 Å². The molecule has 0 aliphatic heterocycles. The lowest BCUT2D eigenvalue weighted by atomic mass is 10.1. The molecule has 3 rings (SSSR count). The molecule has 0 amide bonds. The topological polar surface area (TPSA) is 76.7 Å². The lowest BCUT2D eigenvalue weighted by Gasteiger charge is -2.07. The third-order valence-electron chi connectivity index (χ3n) is 3.22. The predicted octanol–water partition coefficient (Wildman–Crippen LogP) is 3.07. The van der Waals surface area contributed by atoms with Crippen LogP contribution in [0, 0.1) is 0 Å². The normalized spacial score (nSPS) is 10.5. The smallest absolute Gasteiger partial charge is 0.342 e. The quantitative estimate of drug-likeness (QED) is 0.800. The van der Waals surface area contributed by atoms with E-state index in [9.17, 15) is 9.59 Å². The van der Waals surface area contributed by atoms with Crippen LogP contribution in [0.3, 0.4) is 0 Å². The van der Waals surface area contributed by atoms with Crippen LogP contribution in [0.1, 0.15) is 15.9 Å². The van der Waals surface area contributed by atoms with E-state index >= 15 is 0 Å². The van der Waals surface area contributed by atoms with E-state index in [1.807, 2.05) is 30.3 Å². The van der Waals surface area contributed by atoms with Gasteiger partial charge in [0.15, 0.2) is 0 Å². The molecule has 2 aromatic carbocycles. The summed E-state index contributed by atoms with van der Waals surface area (Å²) in [6, 6.07) is 14.3. The summed E-state index contributed by atoms with van der Waals surface area (Å²) in [5.41, 5.74) is 0.336. The van der Waals surface area contributed by atoms with Crippen molar-refractivity contribution in [1.82, 2.24) is 0 Å². The fourth-order valence-electron chi connectivity index (χ4n) is 2.09. The van der Waals surface area contributed by atoms with E-state index in [1.54, 1.807) is 12.1 Å². The highest BCUT2D eigenvalue weighted by Gasteiger charge is 2.13. The summed E-state index contributed by atoms with van der Waals surface area (Å²) in [7, 11) is 0. The van der Waals surface area contributed by atoms with Crippen molar-refractivity contribution in [2.24, 2.45) is 0 Å². The predicted molar refractivity (Wildman–Crippen MR) is 80.2 cm³/mol. The van der Waals surface area contributed by atoms with Crippen molar-refractivity contribution in [3.05, 3.63) is 76.1 Å². The van der Waals surface area contributed by atoms with Crippen molar-refractivity contribution in [2.45, 2.75) is 6.61 Å². The van der Waals surface area contributed by atoms with Gasteiger partial charge in [0, 0.05) is 0 Å². The van der Waals surface area contributed by atoms with Gasteiger partial charge in [0.2, 0.25) is 5.43 Å². The molecule has 1 aromatic heterocycles. The minimum atomic E-state index is -1.31. The van der Waals surface area contributed by atoms with Gasteiger partial charge < -0.3 is 14.3 Å². The van der Waals surface area contributed by atoms with Crippen LogP contribution >= 0.6 is 0 Å². The number of rotatable bonds is 4. The molecule has 5 heteroatoms. The molecule has 1 heterocycles. The Morgan fingerprint density at radius 1 is 1.14 bits per heavy atom. The molecule has 0 aliphatic carbocycles. The number of aromatic carboxylic acids is 1. The Morgan fingerprint density at radius 3 is 2.64 bits per heavy atom. The number of carbonyl (C=O) groups is 1. The largest absolute Gasteiger partial charge is 0.489 e. The molecule has 0 saturated heterocycles. The third-order valence-corrected chi connectivity index (χ3v) is 3.22. The lowest BCUT2D eigenvalue weighted by molar-refractivity contribution is 0.0693. The number of ether oxygens (including phenoxy) is 1. The van der Waals surface area contributed by atoms with Crippen LogP contribution in [-0.4, -0.2) is 11.1 Å². The van der Waals surface area contributed by atoms with Crippen LogP contribution in [0.5, 0.6) is 5.75 Å². The molecule has 0 fully saturated rings. The number of carboxylic acids is 1. The minimum absolute atomic E-state index is 0.186. The third kappa shape index (κ3) is 2.69. The monoisotopic (exact) mass is 296 g/mol. The van der Waals surface area contributed by atoms with Crippen LogP contribution in [0.25, 0.3) is 11.0 Å². The van der Waals surface area contributed by atoms with Gasteiger partial charge >= 0.3 is 5.97 Å². The van der Waals surface area contributed by atoms with Gasteiger partial charge in [-0.05, 0) is 23.8 Å². The van der Waals surface area contributed by atoms with Crippen molar-refractivity contribution >= 4 is 16.9 Å². The number of hydrogen-bond acceptors (Lipinski definition) is 4. The summed E-state index contributed by atoms with van der Waals surface area (Å²) in [5, 5.41) is 9.14. The van der Waals surface area contributed by atoms with Crippen molar-refractivity contribution in [3.63, 3.8) is 0 Å². The van der Waals surface area contributed by atoms with Crippen LogP contribution in [0.4, 0.5) is 0 Å². The zero-order chi connectivity index (χ0) is 15.5. The zero-order valence-electron chi connectivity index (χ0n) is 11.5. The molecule has 0 bridgehead atoms. The fraction of sp³-hybridized carbons (Fsp3) is 0.0588. The van der Waals surface area contributed by atoms with Crippen molar-refractivity contribution in [2.75, 3.05) is 0 Å². The van der Waals surface area contributed by atoms with Gasteiger partial charge in [-0.2, -0.15) is 0 Å². The Balaban J connectivity index is 1.93. The summed E-state index contributed by atoms with van der Waals surface area (Å²) in [6.07, 6.45) is 0.956. The maximum atomic E-state index is 12.1. The average Bonchev–Trinajstić information content (AvgIpc) is 2.54. The van der Waals surface area contributed by atoms with E-state index in [-0.39, 0.29) is 5.39 Å². The van der Waals surface area contributed by atoms with Crippen molar-refractivity contribution < 1.29 is 19.1 Å². The zero-order valence-corrected chi connectivity index (χ0v) is 11.5. The highest BCUT2D eigenvalue weighted by atomic mass is 16.5. The molecule has 5 nitrogen and oxygen atoms in total. The molecule has 3 aromatic rings. The van der Waals surface area contributed by atoms with E-state index in [0.717, 1.165) is 11.8 Å². The molecule has 0 saturated carbocycles. The van der Waals surface area contributed by atoms with Crippen LogP contribution in [-0.2, 0) is 6.61 Å². The Morgan fingerprint density at radius 2 is 1.91 bits per heavy atom. The fourth-order valence-corrected chi connectivity index (χ4v) is 2.09. The van der Waals surface area contributed by atoms with E-state index in [2.05, 4.69) is 0 Å². The summed E-state index contributed by atoms with van der Waals surface area (Å²) >= 11 is 0. The van der Waals surface area contributed by atoms with Crippen LogP contribution in [0.15, 0.2) is 64.0 Å². The molecule has 0 radical (unpaired) electrons. The van der Waals surface area contributed by atoms with Gasteiger partial charge in [-0.15, -0.1) is 0 Å². The second-order valence-corrected chi connectivity index (χ2v) is 4.72. The van der Waals surface area contributed by atoms with Gasteiger partial charge in [-0.25, -0.2) is 4.79 Å². The molecular weight excluding hydrogens is 284 g/mol. The van der Waals surface area contributed by atoms with E-state index in [0.29, 0.717) is 17.9 Å². The summed E-state index contributed by atoms with van der Waals surface area (Å²) in [4.78, 5) is 23.1. The van der Waals surface area contributed by atoms with Gasteiger partial charge in [0.1, 0.15) is 29.8 Å². The first kappa shape index (κ1) is 13.9. The Hall–Kier alpha value is -3.08. The molecule has 22 heavy (non-hydrogen) atoms. The van der Waals surface area contributed by atoms with Crippen molar-refractivity contribution in [3.8, 4) is 5.75 Å². The molecule has 0 aliphatic rings. The second-order valence-electron chi connectivity index (χ2n) is 4.72.